The van der Waals surface area contributed by atoms with Crippen LogP contribution in [0.15, 0.2) is 174 Å². The fraction of sp³-hybridized carbons (Fsp3) is 0.172. The van der Waals surface area contributed by atoms with Gasteiger partial charge in [0.2, 0.25) is 0 Å². The minimum Gasteiger partial charge on any atom is -0.453 e. The van der Waals surface area contributed by atoms with Crippen LogP contribution in [0.5, 0.6) is 0 Å². The summed E-state index contributed by atoms with van der Waals surface area (Å²) in [5.74, 6) is 0. The smallest absolute Gasteiger partial charge is 0.159 e. The zero-order valence-electron chi connectivity index (χ0n) is 35.1. The first-order valence-electron chi connectivity index (χ1n) is 22.0. The molecule has 12 rings (SSSR count). The summed E-state index contributed by atoms with van der Waals surface area (Å²) in [4.78, 5) is 2.53. The molecule has 0 aliphatic heterocycles. The van der Waals surface area contributed by atoms with Crippen LogP contribution in [0.4, 0.5) is 11.4 Å². The molecule has 3 heteroatoms. The molecule has 61 heavy (non-hydrogen) atoms. The molecule has 1 atom stereocenters. The van der Waals surface area contributed by atoms with Crippen LogP contribution in [0.2, 0.25) is 0 Å². The SMILES string of the molecule is CC1(C)c2ccccc2-c2ccc(C3=CCC(C)(N(c4ccc(C5=CC=CCC5)cc4)c4cccc5c4oc4c5ccc5c4c4c(n5-c5ccccc5)CCC=C4)C=C3)cc21. The Morgan fingerprint density at radius 2 is 1.44 bits per heavy atom. The lowest BCUT2D eigenvalue weighted by Crippen LogP contribution is -2.42. The van der Waals surface area contributed by atoms with E-state index in [1.807, 2.05) is 0 Å². The van der Waals surface area contributed by atoms with Crippen LogP contribution >= 0.6 is 0 Å². The first kappa shape index (κ1) is 36.0. The predicted octanol–water partition coefficient (Wildman–Crippen LogP) is 15.5. The van der Waals surface area contributed by atoms with Gasteiger partial charge in [0.25, 0.3) is 0 Å². The summed E-state index contributed by atoms with van der Waals surface area (Å²) in [6, 6.07) is 47.3. The molecule has 1 unspecified atom stereocenters. The van der Waals surface area contributed by atoms with E-state index < -0.39 is 0 Å². The van der Waals surface area contributed by atoms with Gasteiger partial charge in [0.1, 0.15) is 5.58 Å². The topological polar surface area (TPSA) is 21.3 Å². The summed E-state index contributed by atoms with van der Waals surface area (Å²) in [5.41, 5.74) is 19.4. The lowest BCUT2D eigenvalue weighted by Gasteiger charge is -2.42. The van der Waals surface area contributed by atoms with Crippen LogP contribution in [0.25, 0.3) is 66.9 Å². The third-order valence-electron chi connectivity index (χ3n) is 14.1. The molecule has 0 amide bonds. The molecule has 0 radical (unpaired) electrons. The fourth-order valence-electron chi connectivity index (χ4n) is 11.0. The third kappa shape index (κ3) is 5.49. The van der Waals surface area contributed by atoms with Crippen molar-refractivity contribution in [3.8, 4) is 16.8 Å². The largest absolute Gasteiger partial charge is 0.453 e. The van der Waals surface area contributed by atoms with Crippen LogP contribution in [-0.4, -0.2) is 10.1 Å². The summed E-state index contributed by atoms with van der Waals surface area (Å²) in [6.45, 7) is 7.10. The highest BCUT2D eigenvalue weighted by molar-refractivity contribution is 6.19. The van der Waals surface area contributed by atoms with Gasteiger partial charge in [0.15, 0.2) is 5.58 Å². The van der Waals surface area contributed by atoms with Gasteiger partial charge in [-0.1, -0.05) is 141 Å². The molecule has 4 aliphatic rings. The van der Waals surface area contributed by atoms with Crippen molar-refractivity contribution in [1.82, 2.24) is 4.57 Å². The van der Waals surface area contributed by atoms with Crippen LogP contribution in [-0.2, 0) is 11.8 Å². The van der Waals surface area contributed by atoms with Crippen LogP contribution in [0.1, 0.15) is 80.0 Å². The molecule has 0 saturated heterocycles. The van der Waals surface area contributed by atoms with Crippen LogP contribution in [0.3, 0.4) is 0 Å². The zero-order chi connectivity index (χ0) is 40.9. The molecule has 3 nitrogen and oxygen atoms in total. The number of hydrogen-bond donors (Lipinski definition) is 0. The molecular formula is C58H48N2O. The number of nitrogens with zero attached hydrogens (tertiary/aromatic N) is 2. The minimum atomic E-state index is -0.384. The Bertz CT molecular complexity index is 3250. The number of benzene rings is 6. The summed E-state index contributed by atoms with van der Waals surface area (Å²) in [5, 5.41) is 3.48. The number of aromatic nitrogens is 1. The third-order valence-corrected chi connectivity index (χ3v) is 14.1. The van der Waals surface area contributed by atoms with E-state index in [4.69, 9.17) is 4.42 Å². The molecule has 2 aromatic heterocycles. The monoisotopic (exact) mass is 788 g/mol. The summed E-state index contributed by atoms with van der Waals surface area (Å²) >= 11 is 0. The van der Waals surface area contributed by atoms with Gasteiger partial charge in [-0.2, -0.15) is 0 Å². The van der Waals surface area contributed by atoms with Gasteiger partial charge in [-0.3, -0.25) is 0 Å². The van der Waals surface area contributed by atoms with Crippen molar-refractivity contribution in [2.45, 2.75) is 63.8 Å². The molecule has 296 valence electrons. The second-order valence-electron chi connectivity index (χ2n) is 18.1. The summed E-state index contributed by atoms with van der Waals surface area (Å²) < 4.78 is 9.75. The number of allylic oxidation sites excluding steroid dienone is 7. The van der Waals surface area contributed by atoms with Crippen molar-refractivity contribution in [3.05, 3.63) is 203 Å². The molecule has 0 saturated carbocycles. The maximum absolute atomic E-state index is 7.30. The minimum absolute atomic E-state index is 0.0428. The van der Waals surface area contributed by atoms with E-state index in [0.717, 1.165) is 65.4 Å². The highest BCUT2D eigenvalue weighted by Crippen LogP contribution is 2.51. The quantitative estimate of drug-likeness (QED) is 0.167. The summed E-state index contributed by atoms with van der Waals surface area (Å²) in [7, 11) is 0. The Balaban J connectivity index is 1.000. The molecule has 6 aromatic carbocycles. The van der Waals surface area contributed by atoms with Crippen molar-refractivity contribution in [2.24, 2.45) is 0 Å². The second kappa shape index (κ2) is 13.6. The van der Waals surface area contributed by atoms with Crippen LogP contribution in [0, 0.1) is 0 Å². The number of rotatable bonds is 6. The van der Waals surface area contributed by atoms with E-state index in [-0.39, 0.29) is 11.0 Å². The van der Waals surface area contributed by atoms with Gasteiger partial charge in [-0.15, -0.1) is 0 Å². The van der Waals surface area contributed by atoms with Crippen molar-refractivity contribution in [1.29, 1.82) is 0 Å². The molecule has 4 aliphatic carbocycles. The van der Waals surface area contributed by atoms with Gasteiger partial charge >= 0.3 is 0 Å². The van der Waals surface area contributed by atoms with Crippen LogP contribution < -0.4 is 4.90 Å². The molecule has 0 bridgehead atoms. The predicted molar refractivity (Wildman–Crippen MR) is 257 cm³/mol. The Morgan fingerprint density at radius 3 is 2.26 bits per heavy atom. The Hall–Kier alpha value is -6.84. The Morgan fingerprint density at radius 1 is 0.656 bits per heavy atom. The van der Waals surface area contributed by atoms with Gasteiger partial charge in [0, 0.05) is 38.8 Å². The number of fused-ring (bicyclic) bond motifs is 10. The average Bonchev–Trinajstić information content (AvgIpc) is 3.93. The fourth-order valence-corrected chi connectivity index (χ4v) is 11.0. The van der Waals surface area contributed by atoms with Gasteiger partial charge in [-0.05, 0) is 132 Å². The number of anilines is 2. The number of furan rings is 1. The van der Waals surface area contributed by atoms with Crippen molar-refractivity contribution < 1.29 is 4.42 Å². The van der Waals surface area contributed by atoms with E-state index >= 15 is 0 Å². The van der Waals surface area contributed by atoms with Crippen molar-refractivity contribution >= 4 is 61.4 Å². The number of para-hydroxylation sites is 2. The average molecular weight is 789 g/mol. The highest BCUT2D eigenvalue weighted by Gasteiger charge is 2.37. The highest BCUT2D eigenvalue weighted by atomic mass is 16.3. The maximum atomic E-state index is 7.30. The number of hydrogen-bond acceptors (Lipinski definition) is 2. The van der Waals surface area contributed by atoms with Crippen molar-refractivity contribution in [2.75, 3.05) is 4.90 Å². The van der Waals surface area contributed by atoms with Gasteiger partial charge in [0.05, 0.1) is 22.1 Å². The molecule has 0 fully saturated rings. The van der Waals surface area contributed by atoms with E-state index in [1.54, 1.807) is 0 Å². The molecule has 0 N–H and O–H groups in total. The lowest BCUT2D eigenvalue weighted by molar-refractivity contribution is 0.568. The van der Waals surface area contributed by atoms with Crippen molar-refractivity contribution in [3.63, 3.8) is 0 Å². The maximum Gasteiger partial charge on any atom is 0.159 e. The van der Waals surface area contributed by atoms with E-state index in [1.165, 1.54) is 72.4 Å². The Labute approximate surface area is 358 Å². The summed E-state index contributed by atoms with van der Waals surface area (Å²) in [6.07, 6.45) is 23.6. The lowest BCUT2D eigenvalue weighted by atomic mass is 9.80. The van der Waals surface area contributed by atoms with Gasteiger partial charge < -0.3 is 13.9 Å². The first-order chi connectivity index (χ1) is 29.9. The normalized spacial score (nSPS) is 18.6. The van der Waals surface area contributed by atoms with E-state index in [0.29, 0.717) is 0 Å². The standard InChI is InChI=1S/C58H48N2O/c1-57(2)49-22-12-10-19-44(49)45-30-27-41(37-50(45)57)40-33-35-58(3,36-34-40)60(43-28-25-39(26-29-43)38-15-6-4-7-16-38)53-24-14-21-46-47-31-32-52-54(56(47)61-55(46)53)48-20-11-13-23-51(48)59(52)42-17-8-5-9-18-42/h4-6,8-12,14-15,17-22,24-35,37H,7,13,16,23,36H2,1-3H3. The molecule has 8 aromatic rings. The van der Waals surface area contributed by atoms with E-state index in [9.17, 15) is 0 Å². The Kier molecular flexibility index (Phi) is 8.03. The zero-order valence-corrected chi connectivity index (χ0v) is 35.1. The molecular weight excluding hydrogens is 741 g/mol. The first-order valence-corrected chi connectivity index (χ1v) is 22.0. The molecule has 2 heterocycles. The second-order valence-corrected chi connectivity index (χ2v) is 18.1. The van der Waals surface area contributed by atoms with Gasteiger partial charge in [-0.25, -0.2) is 0 Å². The molecule has 0 spiro atoms. The van der Waals surface area contributed by atoms with E-state index in [2.05, 4.69) is 206 Å².